The van der Waals surface area contributed by atoms with Crippen LogP contribution in [0.25, 0.3) is 5.32 Å². The molecule has 0 aromatic heterocycles. The molecule has 0 unspecified atom stereocenters. The monoisotopic (exact) mass is 449 g/mol. The molecule has 27 heavy (non-hydrogen) atoms. The van der Waals surface area contributed by atoms with Crippen LogP contribution in [0.5, 0.6) is 0 Å². The Morgan fingerprint density at radius 3 is 1.37 bits per heavy atom. The molecule has 0 radical (unpaired) electrons. The normalized spacial score (nSPS) is 11.7. The predicted octanol–water partition coefficient (Wildman–Crippen LogP) is 6.22. The minimum absolute atomic E-state index is 0. The molecule has 0 aliphatic carbocycles. The maximum Gasteiger partial charge on any atom is 2.00 e. The zero-order chi connectivity index (χ0) is 20.8. The summed E-state index contributed by atoms with van der Waals surface area (Å²) in [5.41, 5.74) is 7.34. The molecule has 0 aliphatic heterocycles. The van der Waals surface area contributed by atoms with Crippen LogP contribution in [0.1, 0.15) is 83.2 Å². The maximum atomic E-state index is 4.64. The summed E-state index contributed by atoms with van der Waals surface area (Å²) in [5, 5.41) is 4.64. The van der Waals surface area contributed by atoms with E-state index in [0.717, 1.165) is 5.96 Å². The molecular weight excluding hydrogens is 406 g/mol. The summed E-state index contributed by atoms with van der Waals surface area (Å²) in [6.07, 6.45) is 0. The van der Waals surface area contributed by atoms with Crippen LogP contribution in [0.2, 0.25) is 0 Å². The summed E-state index contributed by atoms with van der Waals surface area (Å²) in [7, 11) is 0. The van der Waals surface area contributed by atoms with Gasteiger partial charge in [-0.2, -0.15) is 27.8 Å². The van der Waals surface area contributed by atoms with Crippen LogP contribution >= 0.6 is 0 Å². The molecule has 0 amide bonds. The predicted molar refractivity (Wildman–Crippen MR) is 125 cm³/mol. The summed E-state index contributed by atoms with van der Waals surface area (Å²) in [4.78, 5) is 6.91. The van der Waals surface area contributed by atoms with Crippen molar-refractivity contribution in [3.05, 3.63) is 33.1 Å². The van der Waals surface area contributed by atoms with Gasteiger partial charge in [-0.25, -0.2) is 0 Å². The first-order valence-electron chi connectivity index (χ1n) is 10.1. The summed E-state index contributed by atoms with van der Waals surface area (Å²) in [5.74, 6) is 0.898. The van der Waals surface area contributed by atoms with Crippen LogP contribution in [-0.4, -0.2) is 80.5 Å². The first-order valence-corrected chi connectivity index (χ1v) is 10.1. The van der Waals surface area contributed by atoms with E-state index in [9.17, 15) is 0 Å². The van der Waals surface area contributed by atoms with Crippen molar-refractivity contribution in [3.63, 3.8) is 0 Å². The zero-order valence-corrected chi connectivity index (χ0v) is 23.8. The fourth-order valence-corrected chi connectivity index (χ4v) is 3.09. The van der Waals surface area contributed by atoms with Gasteiger partial charge in [-0.15, -0.1) is 0 Å². The molecule has 0 aliphatic rings. The Bertz CT molecular complexity index is 493. The number of rotatable bonds is 4. The van der Waals surface area contributed by atoms with Crippen LogP contribution in [0.3, 0.4) is 0 Å². The number of hydrogen-bond acceptors (Lipinski definition) is 1. The van der Waals surface area contributed by atoms with E-state index in [1.807, 2.05) is 0 Å². The third kappa shape index (κ3) is 9.43. The topological polar surface area (TPSA) is 29.7 Å². The zero-order valence-electron chi connectivity index (χ0n) is 20.4. The average molecular weight is 449 g/mol. The van der Waals surface area contributed by atoms with Crippen LogP contribution in [-0.2, 0) is 0 Å². The van der Waals surface area contributed by atoms with Crippen LogP contribution in [0, 0.1) is 34.6 Å². The van der Waals surface area contributed by atoms with Gasteiger partial charge in [0.1, 0.15) is 0 Å². The van der Waals surface area contributed by atoms with Gasteiger partial charge in [0.25, 0.3) is 0 Å². The first kappa shape index (κ1) is 29.3. The summed E-state index contributed by atoms with van der Waals surface area (Å²) >= 11 is 0. The van der Waals surface area contributed by atoms with E-state index >= 15 is 0 Å². The second-order valence-corrected chi connectivity index (χ2v) is 8.47. The van der Waals surface area contributed by atoms with Crippen molar-refractivity contribution >= 4 is 51.4 Å². The smallest absolute Gasteiger partial charge is 0.421 e. The van der Waals surface area contributed by atoms with E-state index in [2.05, 4.69) is 105 Å². The molecule has 0 saturated carbocycles. The average Bonchev–Trinajstić information content (AvgIpc) is 2.64. The number of hydrogen-bond donors (Lipinski definition) is 0. The second-order valence-electron chi connectivity index (χ2n) is 8.47. The van der Waals surface area contributed by atoms with E-state index in [4.69, 9.17) is 0 Å². The van der Waals surface area contributed by atoms with Crippen molar-refractivity contribution in [3.8, 4) is 0 Å². The Kier molecular flexibility index (Phi) is 14.5. The molecule has 0 heterocycles. The van der Waals surface area contributed by atoms with E-state index in [1.54, 1.807) is 0 Å². The van der Waals surface area contributed by atoms with Crippen LogP contribution in [0.4, 0.5) is 0 Å². The van der Waals surface area contributed by atoms with Crippen molar-refractivity contribution in [2.75, 3.05) is 0 Å². The van der Waals surface area contributed by atoms with Crippen molar-refractivity contribution in [2.45, 2.75) is 114 Å². The van der Waals surface area contributed by atoms with E-state index in [1.165, 1.54) is 27.8 Å². The molecule has 4 heteroatoms. The SMILES string of the molecule is CC(C)N=C([N-]C(C)C)N(C(C)C)C(C)C.Cc1c(C)c(C)[c-](C)c1C.[Sr+2]. The standard InChI is InChI=1S/C13H28N3.C10H15.Sr/c1-9(2)14-13(15-10(3)4)16(11(5)6)12(7)8;1-6-7(2)9(4)10(5)8(6)3;/h9-12H,1-8H3;1-5H3;/q2*-1;+2. The largest absolute Gasteiger partial charge is 2.00 e. The van der Waals surface area contributed by atoms with Gasteiger partial charge < -0.3 is 15.2 Å². The Hall–Kier alpha value is 0.101. The molecule has 0 spiro atoms. The molecule has 0 atom stereocenters. The third-order valence-electron chi connectivity index (χ3n) is 4.90. The molecule has 0 N–H and O–H groups in total. The molecule has 152 valence electrons. The molecule has 1 rings (SSSR count). The van der Waals surface area contributed by atoms with Gasteiger partial charge in [0.15, 0.2) is 0 Å². The minimum atomic E-state index is 0. The van der Waals surface area contributed by atoms with Gasteiger partial charge in [0, 0.05) is 5.96 Å². The van der Waals surface area contributed by atoms with Crippen LogP contribution < -0.4 is 0 Å². The molecule has 0 fully saturated rings. The van der Waals surface area contributed by atoms with Gasteiger partial charge in [-0.05, 0) is 24.2 Å². The van der Waals surface area contributed by atoms with Crippen molar-refractivity contribution in [2.24, 2.45) is 4.99 Å². The van der Waals surface area contributed by atoms with Crippen LogP contribution in [0.15, 0.2) is 4.99 Å². The molecule has 0 bridgehead atoms. The maximum absolute atomic E-state index is 4.64. The second kappa shape index (κ2) is 13.3. The van der Waals surface area contributed by atoms with E-state index in [0.29, 0.717) is 12.1 Å². The molecular formula is C23H43N3Sr. The number of nitrogens with zero attached hydrogens (tertiary/aromatic N) is 3. The van der Waals surface area contributed by atoms with Gasteiger partial charge in [0.05, 0.1) is 0 Å². The van der Waals surface area contributed by atoms with Gasteiger partial charge in [-0.1, -0.05) is 90.0 Å². The molecule has 1 aromatic rings. The number of aliphatic imine (C=N–C) groups is 1. The summed E-state index contributed by atoms with van der Waals surface area (Å²) < 4.78 is 0. The van der Waals surface area contributed by atoms with Gasteiger partial charge >= 0.3 is 45.5 Å². The molecule has 0 saturated heterocycles. The summed E-state index contributed by atoms with van der Waals surface area (Å²) in [6.45, 7) is 28.1. The Labute approximate surface area is 207 Å². The minimum Gasteiger partial charge on any atom is -0.421 e. The summed E-state index contributed by atoms with van der Waals surface area (Å²) in [6, 6.07) is 1.44. The quantitative estimate of drug-likeness (QED) is 0.232. The molecule has 1 aromatic carbocycles. The molecule has 3 nitrogen and oxygen atoms in total. The first-order chi connectivity index (χ1) is 11.8. The number of guanidine groups is 1. The Balaban J connectivity index is 0. The van der Waals surface area contributed by atoms with Gasteiger partial charge in [0.2, 0.25) is 0 Å². The Morgan fingerprint density at radius 2 is 1.19 bits per heavy atom. The van der Waals surface area contributed by atoms with Crippen molar-refractivity contribution in [1.82, 2.24) is 4.90 Å². The van der Waals surface area contributed by atoms with E-state index < -0.39 is 0 Å². The van der Waals surface area contributed by atoms with E-state index in [-0.39, 0.29) is 57.6 Å². The van der Waals surface area contributed by atoms with Gasteiger partial charge in [-0.3, -0.25) is 0 Å². The van der Waals surface area contributed by atoms with Crippen molar-refractivity contribution < 1.29 is 0 Å². The Morgan fingerprint density at radius 1 is 0.815 bits per heavy atom. The third-order valence-corrected chi connectivity index (χ3v) is 4.90. The van der Waals surface area contributed by atoms with Crippen molar-refractivity contribution in [1.29, 1.82) is 0 Å². The fourth-order valence-electron chi connectivity index (χ4n) is 3.09. The fraction of sp³-hybridized carbons (Fsp3) is 0.739.